The van der Waals surface area contributed by atoms with E-state index in [-0.39, 0.29) is 5.54 Å². The summed E-state index contributed by atoms with van der Waals surface area (Å²) in [6.45, 7) is 6.61. The lowest BCUT2D eigenvalue weighted by molar-refractivity contribution is 0.150. The number of hydrogen-bond acceptors (Lipinski definition) is 3. The van der Waals surface area contributed by atoms with Crippen LogP contribution in [0.25, 0.3) is 5.65 Å². The van der Waals surface area contributed by atoms with Gasteiger partial charge < -0.3 is 0 Å². The molecule has 0 aliphatic carbocycles. The number of likely N-dealkylation sites (tertiary alicyclic amines) is 1. The predicted molar refractivity (Wildman–Crippen MR) is 96.0 cm³/mol. The Hall–Kier alpha value is -2.20. The largest absolute Gasteiger partial charge is 0.292 e. The third kappa shape index (κ3) is 2.61. The van der Waals surface area contributed by atoms with Gasteiger partial charge in [0.15, 0.2) is 5.65 Å². The van der Waals surface area contributed by atoms with Crippen LogP contribution < -0.4 is 0 Å². The van der Waals surface area contributed by atoms with Crippen LogP contribution in [0, 0.1) is 6.92 Å². The van der Waals surface area contributed by atoms with Crippen LogP contribution in [0.2, 0.25) is 0 Å². The summed E-state index contributed by atoms with van der Waals surface area (Å²) < 4.78 is 2.04. The number of aromatic nitrogens is 3. The second kappa shape index (κ2) is 6.02. The highest BCUT2D eigenvalue weighted by molar-refractivity contribution is 5.41. The maximum Gasteiger partial charge on any atom is 0.155 e. The summed E-state index contributed by atoms with van der Waals surface area (Å²) in [5, 5.41) is 4.68. The lowest BCUT2D eigenvalue weighted by Gasteiger charge is -2.35. The monoisotopic (exact) mass is 320 g/mol. The van der Waals surface area contributed by atoms with Crippen molar-refractivity contribution in [3.05, 3.63) is 65.6 Å². The molecule has 4 nitrogen and oxygen atoms in total. The normalized spacial score (nSPS) is 21.6. The van der Waals surface area contributed by atoms with Crippen molar-refractivity contribution in [3.8, 4) is 0 Å². The van der Waals surface area contributed by atoms with Gasteiger partial charge in [0, 0.05) is 18.8 Å². The van der Waals surface area contributed by atoms with Gasteiger partial charge in [0.2, 0.25) is 0 Å². The van der Waals surface area contributed by atoms with Crippen LogP contribution in [0.4, 0.5) is 0 Å². The molecular weight excluding hydrogens is 296 g/mol. The molecule has 0 spiro atoms. The summed E-state index contributed by atoms with van der Waals surface area (Å²) in [5.41, 5.74) is 4.65. The molecule has 0 saturated carbocycles. The molecule has 1 aliphatic rings. The minimum atomic E-state index is 0.0223. The fourth-order valence-electron chi connectivity index (χ4n) is 3.99. The van der Waals surface area contributed by atoms with Crippen LogP contribution in [0.5, 0.6) is 0 Å². The number of hydrogen-bond donors (Lipinski definition) is 0. The zero-order chi connectivity index (χ0) is 16.6. The van der Waals surface area contributed by atoms with Crippen LogP contribution in [0.3, 0.4) is 0 Å². The van der Waals surface area contributed by atoms with Crippen LogP contribution >= 0.6 is 0 Å². The topological polar surface area (TPSA) is 33.4 Å². The molecule has 24 heavy (non-hydrogen) atoms. The Morgan fingerprint density at radius 2 is 2.00 bits per heavy atom. The van der Waals surface area contributed by atoms with Gasteiger partial charge in [-0.15, -0.1) is 0 Å². The minimum absolute atomic E-state index is 0.0223. The first kappa shape index (κ1) is 15.3. The van der Waals surface area contributed by atoms with E-state index in [0.717, 1.165) is 30.9 Å². The van der Waals surface area contributed by atoms with Crippen molar-refractivity contribution in [1.29, 1.82) is 0 Å². The van der Waals surface area contributed by atoms with Crippen molar-refractivity contribution in [2.75, 3.05) is 13.1 Å². The Kier molecular flexibility index (Phi) is 3.85. The third-order valence-corrected chi connectivity index (χ3v) is 5.33. The molecule has 1 atom stereocenters. The van der Waals surface area contributed by atoms with E-state index in [1.54, 1.807) is 0 Å². The molecule has 4 rings (SSSR count). The Balaban J connectivity index is 1.64. The minimum Gasteiger partial charge on any atom is -0.292 e. The van der Waals surface area contributed by atoms with Gasteiger partial charge in [-0.1, -0.05) is 30.3 Å². The third-order valence-electron chi connectivity index (χ3n) is 5.33. The van der Waals surface area contributed by atoms with Crippen molar-refractivity contribution >= 4 is 5.65 Å². The maximum absolute atomic E-state index is 4.68. The summed E-state index contributed by atoms with van der Waals surface area (Å²) in [6, 6.07) is 15.0. The van der Waals surface area contributed by atoms with Crippen LogP contribution in [0.1, 0.15) is 36.7 Å². The number of benzene rings is 1. The maximum atomic E-state index is 4.68. The van der Waals surface area contributed by atoms with Crippen molar-refractivity contribution in [2.45, 2.75) is 38.6 Å². The van der Waals surface area contributed by atoms with E-state index in [1.165, 1.54) is 24.1 Å². The van der Waals surface area contributed by atoms with Gasteiger partial charge in [-0.05, 0) is 51.3 Å². The van der Waals surface area contributed by atoms with E-state index in [9.17, 15) is 0 Å². The van der Waals surface area contributed by atoms with Gasteiger partial charge in [-0.3, -0.25) is 4.90 Å². The second-order valence-corrected chi connectivity index (χ2v) is 6.99. The molecule has 3 aromatic rings. The molecule has 1 aromatic carbocycles. The van der Waals surface area contributed by atoms with Crippen LogP contribution in [-0.4, -0.2) is 32.6 Å². The highest BCUT2D eigenvalue weighted by Crippen LogP contribution is 2.38. The fourth-order valence-corrected chi connectivity index (χ4v) is 3.99. The lowest BCUT2D eigenvalue weighted by Crippen LogP contribution is -2.41. The summed E-state index contributed by atoms with van der Waals surface area (Å²) in [4.78, 5) is 7.08. The van der Waals surface area contributed by atoms with Gasteiger partial charge in [0.25, 0.3) is 0 Å². The first-order chi connectivity index (χ1) is 11.7. The van der Waals surface area contributed by atoms with Gasteiger partial charge in [-0.25, -0.2) is 9.50 Å². The van der Waals surface area contributed by atoms with Gasteiger partial charge >= 0.3 is 0 Å². The Labute approximate surface area is 143 Å². The zero-order valence-corrected chi connectivity index (χ0v) is 14.4. The highest BCUT2D eigenvalue weighted by Gasteiger charge is 2.39. The molecule has 3 heterocycles. The Bertz CT molecular complexity index is 839. The molecule has 0 N–H and O–H groups in total. The SMILES string of the molecule is Cc1cc2nccc(C3(C)CCCN3CCc3ccccc3)n2n1. The molecule has 1 unspecified atom stereocenters. The van der Waals surface area contributed by atoms with Gasteiger partial charge in [0.1, 0.15) is 0 Å². The first-order valence-electron chi connectivity index (χ1n) is 8.78. The number of nitrogens with zero attached hydrogens (tertiary/aromatic N) is 4. The standard InChI is InChI=1S/C20H24N4/c1-16-15-19-21-12-9-18(24(19)22-16)20(2)11-6-13-23(20)14-10-17-7-4-3-5-8-17/h3-5,7-9,12,15H,6,10-11,13-14H2,1-2H3. The van der Waals surface area contributed by atoms with Crippen molar-refractivity contribution in [1.82, 2.24) is 19.5 Å². The molecule has 0 bridgehead atoms. The number of rotatable bonds is 4. The average molecular weight is 320 g/mol. The molecule has 0 amide bonds. The summed E-state index contributed by atoms with van der Waals surface area (Å²) in [7, 11) is 0. The van der Waals surface area contributed by atoms with Crippen LogP contribution in [0.15, 0.2) is 48.7 Å². The molecule has 1 aliphatic heterocycles. The lowest BCUT2D eigenvalue weighted by atomic mass is 9.93. The number of fused-ring (bicyclic) bond motifs is 1. The van der Waals surface area contributed by atoms with E-state index >= 15 is 0 Å². The Morgan fingerprint density at radius 3 is 2.83 bits per heavy atom. The molecule has 124 valence electrons. The molecule has 0 radical (unpaired) electrons. The molecule has 4 heteroatoms. The van der Waals surface area contributed by atoms with E-state index < -0.39 is 0 Å². The fraction of sp³-hybridized carbons (Fsp3) is 0.400. The van der Waals surface area contributed by atoms with Gasteiger partial charge in [0.05, 0.1) is 16.9 Å². The zero-order valence-electron chi connectivity index (χ0n) is 14.4. The first-order valence-corrected chi connectivity index (χ1v) is 8.78. The van der Waals surface area contributed by atoms with E-state index in [0.29, 0.717) is 0 Å². The molecular formula is C20H24N4. The Morgan fingerprint density at radius 1 is 1.17 bits per heavy atom. The van der Waals surface area contributed by atoms with E-state index in [4.69, 9.17) is 0 Å². The van der Waals surface area contributed by atoms with Gasteiger partial charge in [-0.2, -0.15) is 5.10 Å². The smallest absolute Gasteiger partial charge is 0.155 e. The molecule has 1 fully saturated rings. The molecule has 1 saturated heterocycles. The van der Waals surface area contributed by atoms with Crippen molar-refractivity contribution in [3.63, 3.8) is 0 Å². The average Bonchev–Trinajstić information content (AvgIpc) is 3.16. The quantitative estimate of drug-likeness (QED) is 0.736. The van der Waals surface area contributed by atoms with E-state index in [2.05, 4.69) is 64.4 Å². The predicted octanol–water partition coefficient (Wildman–Crippen LogP) is 3.59. The second-order valence-electron chi connectivity index (χ2n) is 6.99. The van der Waals surface area contributed by atoms with Crippen molar-refractivity contribution < 1.29 is 0 Å². The summed E-state index contributed by atoms with van der Waals surface area (Å²) in [5.74, 6) is 0. The van der Waals surface area contributed by atoms with Crippen LogP contribution in [-0.2, 0) is 12.0 Å². The molecule has 2 aromatic heterocycles. The summed E-state index contributed by atoms with van der Waals surface area (Å²) >= 11 is 0. The van der Waals surface area contributed by atoms with E-state index in [1.807, 2.05) is 17.6 Å². The van der Waals surface area contributed by atoms with Crippen molar-refractivity contribution in [2.24, 2.45) is 0 Å². The summed E-state index contributed by atoms with van der Waals surface area (Å²) in [6.07, 6.45) is 5.41. The number of aryl methyl sites for hydroxylation is 1. The highest BCUT2D eigenvalue weighted by atomic mass is 15.3.